The summed E-state index contributed by atoms with van der Waals surface area (Å²) in [4.78, 5) is 25.2. The van der Waals surface area contributed by atoms with Crippen LogP contribution in [-0.4, -0.2) is 24.1 Å². The van der Waals surface area contributed by atoms with Crippen molar-refractivity contribution in [2.75, 3.05) is 0 Å². The zero-order valence-corrected chi connectivity index (χ0v) is 16.5. The van der Waals surface area contributed by atoms with Gasteiger partial charge < -0.3 is 9.47 Å². The average molecular weight is 403 g/mol. The molecule has 27 heavy (non-hydrogen) atoms. The van der Waals surface area contributed by atoms with Gasteiger partial charge in [-0.15, -0.1) is 0 Å². The minimum absolute atomic E-state index is 0.294. The Morgan fingerprint density at radius 1 is 0.778 bits per heavy atom. The highest BCUT2D eigenvalue weighted by molar-refractivity contribution is 7.08. The lowest BCUT2D eigenvalue weighted by Gasteiger charge is -2.42. The highest BCUT2D eigenvalue weighted by atomic mass is 32.1. The molecule has 0 spiro atoms. The smallest absolute Gasteiger partial charge is 0.339 e. The van der Waals surface area contributed by atoms with Crippen LogP contribution in [0.2, 0.25) is 0 Å². The molecule has 142 valence electrons. The summed E-state index contributed by atoms with van der Waals surface area (Å²) >= 11 is 2.97. The molecule has 2 aromatic rings. The van der Waals surface area contributed by atoms with E-state index >= 15 is 0 Å². The van der Waals surface area contributed by atoms with Gasteiger partial charge in [0.05, 0.1) is 11.1 Å². The van der Waals surface area contributed by atoms with Crippen LogP contribution in [0.3, 0.4) is 0 Å². The number of carbonyl (C=O) groups excluding carboxylic acids is 2. The molecular weight excluding hydrogens is 380 g/mol. The molecule has 0 saturated heterocycles. The van der Waals surface area contributed by atoms with E-state index in [2.05, 4.69) is 0 Å². The molecule has 0 aromatic carbocycles. The number of thiophene rings is 2. The van der Waals surface area contributed by atoms with Crippen molar-refractivity contribution in [3.8, 4) is 0 Å². The second kappa shape index (κ2) is 7.06. The van der Waals surface area contributed by atoms with Crippen LogP contribution < -0.4 is 0 Å². The third-order valence-corrected chi connectivity index (χ3v) is 8.05. The maximum Gasteiger partial charge on any atom is 0.339 e. The lowest BCUT2D eigenvalue weighted by Crippen LogP contribution is -2.47. The van der Waals surface area contributed by atoms with Gasteiger partial charge in [0.25, 0.3) is 0 Å². The van der Waals surface area contributed by atoms with Crippen molar-refractivity contribution in [2.45, 2.75) is 44.3 Å². The second-order valence-corrected chi connectivity index (χ2v) is 9.50. The van der Waals surface area contributed by atoms with Crippen LogP contribution >= 0.6 is 22.7 Å². The molecule has 6 atom stereocenters. The average Bonchev–Trinajstić information content (AvgIpc) is 3.46. The van der Waals surface area contributed by atoms with Gasteiger partial charge in [-0.3, -0.25) is 0 Å². The number of rotatable bonds is 4. The van der Waals surface area contributed by atoms with E-state index in [1.165, 1.54) is 48.4 Å². The van der Waals surface area contributed by atoms with Crippen LogP contribution in [0.15, 0.2) is 33.7 Å². The van der Waals surface area contributed by atoms with Crippen LogP contribution in [-0.2, 0) is 9.47 Å². The Hall–Kier alpha value is -1.66. The number of ether oxygens (including phenoxy) is 2. The normalized spacial score (nSPS) is 34.2. The Kier molecular flexibility index (Phi) is 4.56. The zero-order chi connectivity index (χ0) is 18.4. The summed E-state index contributed by atoms with van der Waals surface area (Å²) in [5.41, 5.74) is 1.18. The Morgan fingerprint density at radius 3 is 1.67 bits per heavy atom. The fraction of sp³-hybridized carbons (Fsp3) is 0.524. The summed E-state index contributed by atoms with van der Waals surface area (Å²) in [6.45, 7) is 0. The molecule has 0 radical (unpaired) electrons. The topological polar surface area (TPSA) is 52.6 Å². The Labute approximate surface area is 166 Å². The van der Waals surface area contributed by atoms with E-state index in [0.29, 0.717) is 34.8 Å². The first kappa shape index (κ1) is 17.4. The van der Waals surface area contributed by atoms with Gasteiger partial charge in [-0.1, -0.05) is 12.8 Å². The lowest BCUT2D eigenvalue weighted by molar-refractivity contribution is -0.0871. The first-order valence-corrected chi connectivity index (χ1v) is 11.6. The maximum absolute atomic E-state index is 12.6. The molecule has 3 fully saturated rings. The van der Waals surface area contributed by atoms with Crippen LogP contribution in [0.5, 0.6) is 0 Å². The minimum Gasteiger partial charge on any atom is -0.454 e. The molecule has 2 aromatic heterocycles. The van der Waals surface area contributed by atoms with Gasteiger partial charge in [-0.05, 0) is 54.0 Å². The van der Waals surface area contributed by atoms with Crippen LogP contribution in [0.1, 0.15) is 52.8 Å². The van der Waals surface area contributed by atoms with Gasteiger partial charge in [0.2, 0.25) is 0 Å². The van der Waals surface area contributed by atoms with Gasteiger partial charge in [-0.25, -0.2) is 9.59 Å². The Morgan fingerprint density at radius 2 is 1.26 bits per heavy atom. The molecule has 0 amide bonds. The molecule has 5 rings (SSSR count). The molecular formula is C21H22O4S2. The molecule has 6 heteroatoms. The molecule has 0 N–H and O–H groups in total. The van der Waals surface area contributed by atoms with Gasteiger partial charge in [-0.2, -0.15) is 22.7 Å². The predicted octanol–water partition coefficient (Wildman–Crippen LogP) is 5.02. The van der Waals surface area contributed by atoms with E-state index in [9.17, 15) is 9.59 Å². The molecule has 3 aliphatic rings. The van der Waals surface area contributed by atoms with Crippen molar-refractivity contribution in [1.82, 2.24) is 0 Å². The monoisotopic (exact) mass is 402 g/mol. The van der Waals surface area contributed by atoms with Crippen molar-refractivity contribution in [2.24, 2.45) is 23.7 Å². The molecule has 2 bridgehead atoms. The predicted molar refractivity (Wildman–Crippen MR) is 104 cm³/mol. The number of hydrogen-bond acceptors (Lipinski definition) is 6. The van der Waals surface area contributed by atoms with Crippen LogP contribution in [0, 0.1) is 23.7 Å². The fourth-order valence-corrected chi connectivity index (χ4v) is 6.86. The summed E-state index contributed by atoms with van der Waals surface area (Å²) in [6.07, 6.45) is 5.32. The SMILES string of the molecule is O=C(OC1C2CC(C3CCCCC32)C1OC(=O)c1ccsc1)c1ccsc1. The highest BCUT2D eigenvalue weighted by Crippen LogP contribution is 2.59. The van der Waals surface area contributed by atoms with E-state index < -0.39 is 0 Å². The number of hydrogen-bond donors (Lipinski definition) is 0. The largest absolute Gasteiger partial charge is 0.454 e. The molecule has 3 saturated carbocycles. The summed E-state index contributed by atoms with van der Waals surface area (Å²) in [6, 6.07) is 3.58. The quantitative estimate of drug-likeness (QED) is 0.674. The van der Waals surface area contributed by atoms with Crippen molar-refractivity contribution >= 4 is 34.6 Å². The zero-order valence-electron chi connectivity index (χ0n) is 14.9. The van der Waals surface area contributed by atoms with E-state index in [-0.39, 0.29) is 24.1 Å². The summed E-state index contributed by atoms with van der Waals surface area (Å²) in [5, 5.41) is 7.38. The Bertz CT molecular complexity index is 745. The molecule has 2 heterocycles. The third-order valence-electron chi connectivity index (χ3n) is 6.69. The van der Waals surface area contributed by atoms with Gasteiger partial charge >= 0.3 is 11.9 Å². The molecule has 3 aliphatic carbocycles. The van der Waals surface area contributed by atoms with Gasteiger partial charge in [0, 0.05) is 22.6 Å². The first-order valence-electron chi connectivity index (χ1n) is 9.69. The summed E-state index contributed by atoms with van der Waals surface area (Å²) < 4.78 is 11.9. The fourth-order valence-electron chi connectivity index (χ4n) is 5.61. The van der Waals surface area contributed by atoms with Crippen molar-refractivity contribution in [3.63, 3.8) is 0 Å². The number of esters is 2. The highest BCUT2D eigenvalue weighted by Gasteiger charge is 2.61. The van der Waals surface area contributed by atoms with E-state index in [0.717, 1.165) is 6.42 Å². The summed E-state index contributed by atoms with van der Waals surface area (Å²) in [7, 11) is 0. The van der Waals surface area contributed by atoms with Crippen molar-refractivity contribution < 1.29 is 19.1 Å². The molecule has 0 aliphatic heterocycles. The molecule has 4 nitrogen and oxygen atoms in total. The van der Waals surface area contributed by atoms with Gasteiger partial charge in [0.1, 0.15) is 12.2 Å². The van der Waals surface area contributed by atoms with E-state index in [4.69, 9.17) is 9.47 Å². The number of fused-ring (bicyclic) bond motifs is 5. The third kappa shape index (κ3) is 3.03. The number of carbonyl (C=O) groups is 2. The van der Waals surface area contributed by atoms with Gasteiger partial charge in [0.15, 0.2) is 0 Å². The molecule has 6 unspecified atom stereocenters. The van der Waals surface area contributed by atoms with E-state index in [1.54, 1.807) is 12.1 Å². The summed E-state index contributed by atoms with van der Waals surface area (Å²) in [5.74, 6) is 1.28. The lowest BCUT2D eigenvalue weighted by atomic mass is 9.69. The first-order chi connectivity index (χ1) is 13.2. The standard InChI is InChI=1S/C21H22O4S2/c22-20(12-5-7-26-10-12)24-18-16-9-17(15-4-2-1-3-14(15)16)19(18)25-21(23)13-6-8-27-11-13/h5-8,10-11,14-19H,1-4,9H2. The van der Waals surface area contributed by atoms with Crippen LogP contribution in [0.25, 0.3) is 0 Å². The minimum atomic E-state index is -0.315. The van der Waals surface area contributed by atoms with Crippen molar-refractivity contribution in [3.05, 3.63) is 44.8 Å². The van der Waals surface area contributed by atoms with E-state index in [1.807, 2.05) is 21.5 Å². The van der Waals surface area contributed by atoms with Crippen molar-refractivity contribution in [1.29, 1.82) is 0 Å². The second-order valence-electron chi connectivity index (χ2n) is 7.94. The maximum atomic E-state index is 12.6. The Balaban J connectivity index is 1.39. The van der Waals surface area contributed by atoms with Crippen LogP contribution in [0.4, 0.5) is 0 Å².